The van der Waals surface area contributed by atoms with E-state index in [1.807, 2.05) is 43.0 Å². The Balaban J connectivity index is 1.49. The highest BCUT2D eigenvalue weighted by Gasteiger charge is 2.33. The van der Waals surface area contributed by atoms with Crippen molar-refractivity contribution in [2.45, 2.75) is 51.2 Å². The molecule has 6 nitrogen and oxygen atoms in total. The van der Waals surface area contributed by atoms with Crippen LogP contribution in [0.3, 0.4) is 0 Å². The first kappa shape index (κ1) is 31.2. The molecule has 0 aliphatic carbocycles. The lowest BCUT2D eigenvalue weighted by molar-refractivity contribution is 0.116. The molecular formula is C34H40F2N4O2S. The van der Waals surface area contributed by atoms with E-state index >= 15 is 4.39 Å². The Hall–Kier alpha value is -3.27. The molecule has 0 bridgehead atoms. The summed E-state index contributed by atoms with van der Waals surface area (Å²) >= 11 is 1.65. The fourth-order valence-electron chi connectivity index (χ4n) is 6.01. The van der Waals surface area contributed by atoms with Gasteiger partial charge in [0.15, 0.2) is 11.6 Å². The first-order valence-corrected chi connectivity index (χ1v) is 15.9. The highest BCUT2D eigenvalue weighted by Crippen LogP contribution is 2.41. The lowest BCUT2D eigenvalue weighted by atomic mass is 9.93. The van der Waals surface area contributed by atoms with E-state index in [2.05, 4.69) is 26.9 Å². The van der Waals surface area contributed by atoms with Crippen molar-refractivity contribution in [3.05, 3.63) is 99.1 Å². The normalized spacial score (nSPS) is 18.2. The zero-order valence-electron chi connectivity index (χ0n) is 25.4. The van der Waals surface area contributed by atoms with Crippen LogP contribution in [-0.4, -0.2) is 64.9 Å². The first-order valence-electron chi connectivity index (χ1n) is 14.9. The summed E-state index contributed by atoms with van der Waals surface area (Å²) in [4.78, 5) is 23.3. The highest BCUT2D eigenvalue weighted by molar-refractivity contribution is 7.99. The van der Waals surface area contributed by atoms with E-state index in [4.69, 9.17) is 4.74 Å². The predicted molar refractivity (Wildman–Crippen MR) is 170 cm³/mol. The van der Waals surface area contributed by atoms with Crippen LogP contribution in [0.15, 0.2) is 76.1 Å². The second-order valence-corrected chi connectivity index (χ2v) is 12.2. The summed E-state index contributed by atoms with van der Waals surface area (Å²) in [5.41, 5.74) is 3.70. The minimum absolute atomic E-state index is 0.0731. The van der Waals surface area contributed by atoms with Gasteiger partial charge in [-0.3, -0.25) is 24.1 Å². The Morgan fingerprint density at radius 3 is 2.53 bits per heavy atom. The number of aromatic nitrogens is 2. The average Bonchev–Trinajstić information content (AvgIpc) is 3.42. The molecule has 1 fully saturated rings. The van der Waals surface area contributed by atoms with Gasteiger partial charge in [-0.2, -0.15) is 0 Å². The lowest BCUT2D eigenvalue weighted by Gasteiger charge is -2.36. The molecule has 2 aromatic heterocycles. The lowest BCUT2D eigenvalue weighted by Crippen LogP contribution is -2.48. The number of hydrogen-bond acceptors (Lipinski definition) is 6. The topological polar surface area (TPSA) is 50.6 Å². The molecule has 4 heterocycles. The van der Waals surface area contributed by atoms with Gasteiger partial charge in [-0.1, -0.05) is 31.2 Å². The van der Waals surface area contributed by atoms with Crippen molar-refractivity contribution in [2.75, 3.05) is 45.6 Å². The number of nitrogens with zero attached hydrogens (tertiary/aromatic N) is 4. The Bertz CT molecular complexity index is 1560. The van der Waals surface area contributed by atoms with Crippen LogP contribution in [0, 0.1) is 12.7 Å². The van der Waals surface area contributed by atoms with E-state index in [-0.39, 0.29) is 28.7 Å². The molecule has 2 aliphatic rings. The van der Waals surface area contributed by atoms with Gasteiger partial charge >= 0.3 is 0 Å². The highest BCUT2D eigenvalue weighted by atomic mass is 32.2. The van der Waals surface area contributed by atoms with Crippen molar-refractivity contribution >= 4 is 11.8 Å². The van der Waals surface area contributed by atoms with E-state index in [0.717, 1.165) is 62.0 Å². The van der Waals surface area contributed by atoms with Crippen molar-refractivity contribution < 1.29 is 13.5 Å². The number of ether oxygens (including phenoxy) is 1. The van der Waals surface area contributed by atoms with E-state index in [1.165, 1.54) is 19.6 Å². The smallest absolute Gasteiger partial charge is 0.260 e. The SMILES string of the molecule is CC/C=C\C(Cc1c(C)c(-c2cccc(OC)c2F)c(=O)n2c1SCC2CN1CCN(Cc2ccncc2)CC1)=C(/C)F. The van der Waals surface area contributed by atoms with E-state index in [9.17, 15) is 9.18 Å². The largest absolute Gasteiger partial charge is 0.494 e. The summed E-state index contributed by atoms with van der Waals surface area (Å²) in [5, 5.41) is 0.861. The molecule has 5 rings (SSSR count). The summed E-state index contributed by atoms with van der Waals surface area (Å²) in [7, 11) is 1.42. The van der Waals surface area contributed by atoms with Gasteiger partial charge in [-0.05, 0) is 60.7 Å². The van der Waals surface area contributed by atoms with Gasteiger partial charge in [0, 0.05) is 69.4 Å². The van der Waals surface area contributed by atoms with Crippen molar-refractivity contribution in [3.63, 3.8) is 0 Å². The number of hydrogen-bond donors (Lipinski definition) is 0. The van der Waals surface area contributed by atoms with Gasteiger partial charge < -0.3 is 4.74 Å². The zero-order chi connectivity index (χ0) is 30.5. The van der Waals surface area contributed by atoms with Gasteiger partial charge in [0.25, 0.3) is 5.56 Å². The van der Waals surface area contributed by atoms with Crippen LogP contribution in [0.25, 0.3) is 11.1 Å². The quantitative estimate of drug-likeness (QED) is 0.243. The number of rotatable bonds is 10. The summed E-state index contributed by atoms with van der Waals surface area (Å²) in [6.45, 7) is 10.6. The molecule has 0 amide bonds. The fourth-order valence-corrected chi connectivity index (χ4v) is 7.38. The van der Waals surface area contributed by atoms with Crippen LogP contribution in [0.4, 0.5) is 8.78 Å². The molecule has 0 N–H and O–H groups in total. The molecule has 3 aromatic rings. The maximum atomic E-state index is 15.6. The van der Waals surface area contributed by atoms with Crippen molar-refractivity contribution in [3.8, 4) is 16.9 Å². The molecule has 2 aliphatic heterocycles. The van der Waals surface area contributed by atoms with Crippen LogP contribution in [-0.2, 0) is 13.0 Å². The third-order valence-corrected chi connectivity index (χ3v) is 9.69. The number of pyridine rings is 2. The number of fused-ring (bicyclic) bond motifs is 1. The molecule has 0 radical (unpaired) electrons. The molecule has 0 spiro atoms. The van der Waals surface area contributed by atoms with Crippen LogP contribution in [0.1, 0.15) is 43.0 Å². The second kappa shape index (κ2) is 14.0. The van der Waals surface area contributed by atoms with Crippen LogP contribution < -0.4 is 10.3 Å². The first-order chi connectivity index (χ1) is 20.8. The van der Waals surface area contributed by atoms with Gasteiger partial charge in [0.05, 0.1) is 23.7 Å². The number of allylic oxidation sites excluding steroid dienone is 4. The molecular weight excluding hydrogens is 566 g/mol. The van der Waals surface area contributed by atoms with Gasteiger partial charge in [-0.15, -0.1) is 11.8 Å². The number of piperazine rings is 1. The number of benzene rings is 1. The van der Waals surface area contributed by atoms with Gasteiger partial charge in [0.1, 0.15) is 5.83 Å². The number of halogens is 2. The van der Waals surface area contributed by atoms with Gasteiger partial charge in [0.2, 0.25) is 0 Å². The Morgan fingerprint density at radius 2 is 1.86 bits per heavy atom. The number of thioether (sulfide) groups is 1. The van der Waals surface area contributed by atoms with Crippen molar-refractivity contribution in [1.82, 2.24) is 19.4 Å². The third kappa shape index (κ3) is 6.79. The summed E-state index contributed by atoms with van der Waals surface area (Å²) in [6.07, 6.45) is 8.53. The standard InChI is InChI=1S/C34H40F2N4O2S/c1-5-6-8-26(24(3)35)19-29-23(2)31(28-9-7-10-30(42-4)32(28)36)33(41)40-27(22-43-34(29)40)21-39-17-15-38(16-18-39)20-25-11-13-37-14-12-25/h6-14,27H,5,15-22H2,1-4H3/b8-6-,26-24-. The maximum Gasteiger partial charge on any atom is 0.260 e. The minimum Gasteiger partial charge on any atom is -0.494 e. The Kier molecular flexibility index (Phi) is 10.2. The van der Waals surface area contributed by atoms with E-state index in [0.29, 0.717) is 23.1 Å². The van der Waals surface area contributed by atoms with Crippen LogP contribution >= 0.6 is 11.8 Å². The number of methoxy groups -OCH3 is 1. The van der Waals surface area contributed by atoms with Crippen LogP contribution in [0.2, 0.25) is 0 Å². The third-order valence-electron chi connectivity index (χ3n) is 8.42. The van der Waals surface area contributed by atoms with Crippen molar-refractivity contribution in [1.29, 1.82) is 0 Å². The van der Waals surface area contributed by atoms with Gasteiger partial charge in [-0.25, -0.2) is 8.78 Å². The molecule has 0 saturated carbocycles. The molecule has 1 saturated heterocycles. The summed E-state index contributed by atoms with van der Waals surface area (Å²) < 4.78 is 37.5. The molecule has 228 valence electrons. The van der Waals surface area contributed by atoms with E-state index in [1.54, 1.807) is 30.0 Å². The average molecular weight is 607 g/mol. The predicted octanol–water partition coefficient (Wildman–Crippen LogP) is 6.58. The molecule has 1 unspecified atom stereocenters. The minimum atomic E-state index is -0.562. The van der Waals surface area contributed by atoms with E-state index < -0.39 is 5.82 Å². The Labute approximate surface area is 257 Å². The Morgan fingerprint density at radius 1 is 1.14 bits per heavy atom. The van der Waals surface area contributed by atoms with Crippen LogP contribution in [0.5, 0.6) is 5.75 Å². The fraction of sp³-hybridized carbons (Fsp3) is 0.412. The van der Waals surface area contributed by atoms with Crippen molar-refractivity contribution in [2.24, 2.45) is 0 Å². The zero-order valence-corrected chi connectivity index (χ0v) is 26.2. The molecule has 1 aromatic carbocycles. The summed E-state index contributed by atoms with van der Waals surface area (Å²) in [5.74, 6) is 0.00590. The molecule has 1 atom stereocenters. The monoisotopic (exact) mass is 606 g/mol. The maximum absolute atomic E-state index is 15.6. The molecule has 43 heavy (non-hydrogen) atoms. The summed E-state index contributed by atoms with van der Waals surface area (Å²) in [6, 6.07) is 8.91. The molecule has 9 heteroatoms. The second-order valence-electron chi connectivity index (χ2n) is 11.2.